The Labute approximate surface area is 62.5 Å². The first-order valence-electron chi connectivity index (χ1n) is 2.07. The minimum atomic E-state index is 0.694. The summed E-state index contributed by atoms with van der Waals surface area (Å²) in [5, 5.41) is 0. The summed E-state index contributed by atoms with van der Waals surface area (Å²) in [5.41, 5.74) is 0. The van der Waals surface area contributed by atoms with E-state index in [0.717, 1.165) is 3.92 Å². The van der Waals surface area contributed by atoms with Crippen molar-refractivity contribution in [3.8, 4) is 0 Å². The summed E-state index contributed by atoms with van der Waals surface area (Å²) in [6.07, 6.45) is 1.52. The zero-order chi connectivity index (χ0) is 4.41. The maximum absolute atomic E-state index is 2.56. The van der Waals surface area contributed by atoms with Crippen molar-refractivity contribution in [1.29, 1.82) is 0 Å². The monoisotopic (exact) mass is 309 g/mol. The van der Waals surface area contributed by atoms with Gasteiger partial charge in [0.1, 0.15) is 0 Å². The second-order valence-electron chi connectivity index (χ2n) is 1.42. The van der Waals surface area contributed by atoms with E-state index < -0.39 is 0 Å². The van der Waals surface area contributed by atoms with Gasteiger partial charge in [-0.2, -0.15) is 0 Å². The van der Waals surface area contributed by atoms with Gasteiger partial charge in [0.25, 0.3) is 0 Å². The van der Waals surface area contributed by atoms with E-state index in [-0.39, 0.29) is 0 Å². The fourth-order valence-electron chi connectivity index (χ4n) is 0.468. The van der Waals surface area contributed by atoms with Crippen LogP contribution in [0, 0.1) is 0 Å². The number of alkyl halides is 3. The number of hydrogen-bond acceptors (Lipinski definition) is 0. The summed E-state index contributed by atoms with van der Waals surface area (Å²) >= 11 is 3.25. The van der Waals surface area contributed by atoms with Gasteiger partial charge >= 0.3 is 63.0 Å². The van der Waals surface area contributed by atoms with Crippen LogP contribution in [0.2, 0.25) is 0 Å². The van der Waals surface area contributed by atoms with Gasteiger partial charge in [-0.1, -0.05) is 0 Å². The molecule has 1 fully saturated rings. The van der Waals surface area contributed by atoms with Crippen LogP contribution in [-0.4, -0.2) is 12.8 Å². The molecular formula is C4H7I2-. The van der Waals surface area contributed by atoms with Gasteiger partial charge in [0.05, 0.1) is 0 Å². The van der Waals surface area contributed by atoms with Crippen molar-refractivity contribution >= 4 is 22.6 Å². The molecule has 1 rings (SSSR count). The van der Waals surface area contributed by atoms with Gasteiger partial charge in [0.15, 0.2) is 0 Å². The molecule has 0 aromatic carbocycles. The molecule has 0 radical (unpaired) electrons. The average Bonchev–Trinajstić information content (AvgIpc) is 1.86. The maximum atomic E-state index is 2.56. The van der Waals surface area contributed by atoms with Crippen LogP contribution in [0.1, 0.15) is 6.42 Å². The normalized spacial score (nSPS) is 35.8. The molecule has 38 valence electrons. The third-order valence-corrected chi connectivity index (χ3v) is 6.65. The van der Waals surface area contributed by atoms with E-state index in [1.54, 1.807) is 8.86 Å². The Morgan fingerprint density at radius 1 is 1.67 bits per heavy atom. The summed E-state index contributed by atoms with van der Waals surface area (Å²) in [6.45, 7) is 0. The van der Waals surface area contributed by atoms with E-state index in [2.05, 4.69) is 22.6 Å². The molecule has 0 aliphatic carbocycles. The molecule has 0 spiro atoms. The van der Waals surface area contributed by atoms with Gasteiger partial charge in [0, 0.05) is 0 Å². The van der Waals surface area contributed by atoms with Crippen LogP contribution in [0.15, 0.2) is 0 Å². The molecule has 2 heteroatoms. The fraction of sp³-hybridized carbons (Fsp3) is 1.00. The fourth-order valence-corrected chi connectivity index (χ4v) is 6.30. The molecule has 0 saturated carbocycles. The van der Waals surface area contributed by atoms with Crippen LogP contribution in [0.25, 0.3) is 0 Å². The van der Waals surface area contributed by atoms with Crippen LogP contribution in [-0.2, 0) is 0 Å². The van der Waals surface area contributed by atoms with Crippen LogP contribution in [0.3, 0.4) is 0 Å². The molecule has 0 bridgehead atoms. The Morgan fingerprint density at radius 3 is 2.67 bits per heavy atom. The van der Waals surface area contributed by atoms with Crippen molar-refractivity contribution in [2.75, 3.05) is 8.86 Å². The first-order valence-corrected chi connectivity index (χ1v) is 6.37. The molecule has 0 N–H and O–H groups in total. The first-order chi connectivity index (χ1) is 2.89. The molecule has 1 aliphatic rings. The Balaban J connectivity index is 2.18. The summed E-state index contributed by atoms with van der Waals surface area (Å²) in [5.74, 6) is 0. The third-order valence-electron chi connectivity index (χ3n) is 0.833. The Bertz CT molecular complexity index is 38.8. The van der Waals surface area contributed by atoms with Gasteiger partial charge in [-0.15, -0.1) is 0 Å². The zero-order valence-corrected chi connectivity index (χ0v) is 7.77. The predicted octanol–water partition coefficient (Wildman–Crippen LogP) is -1.72. The molecule has 0 unspecified atom stereocenters. The predicted molar refractivity (Wildman–Crippen MR) is 32.2 cm³/mol. The summed E-state index contributed by atoms with van der Waals surface area (Å²) in [6, 6.07) is 0. The van der Waals surface area contributed by atoms with E-state index in [9.17, 15) is 0 Å². The standard InChI is InChI=1S/C4H7I2/c5-4-1-2-6-3-4/h4H,1-3H2/q-1/t4-/m0/s1. The van der Waals surface area contributed by atoms with Crippen molar-refractivity contribution in [2.45, 2.75) is 10.3 Å². The SMILES string of the molecule is I[C@H]1CC[I-]C1. The molecule has 0 aromatic heterocycles. The molecule has 0 nitrogen and oxygen atoms in total. The van der Waals surface area contributed by atoms with Crippen LogP contribution >= 0.6 is 22.6 Å². The van der Waals surface area contributed by atoms with E-state index in [1.807, 2.05) is 0 Å². The molecule has 1 heterocycles. The second kappa shape index (κ2) is 2.69. The molecular weight excluding hydrogens is 302 g/mol. The second-order valence-corrected chi connectivity index (χ2v) is 6.22. The van der Waals surface area contributed by atoms with Crippen LogP contribution in [0.5, 0.6) is 0 Å². The van der Waals surface area contributed by atoms with Crippen LogP contribution < -0.4 is 21.2 Å². The third kappa shape index (κ3) is 1.52. The molecule has 6 heavy (non-hydrogen) atoms. The Kier molecular flexibility index (Phi) is 2.51. The van der Waals surface area contributed by atoms with Gasteiger partial charge in [-0.25, -0.2) is 0 Å². The minimum absolute atomic E-state index is 0.694. The first kappa shape index (κ1) is 5.59. The molecule has 1 saturated heterocycles. The summed E-state index contributed by atoms with van der Waals surface area (Å²) in [7, 11) is 0. The summed E-state index contributed by atoms with van der Waals surface area (Å²) in [4.78, 5) is 0. The van der Waals surface area contributed by atoms with E-state index >= 15 is 0 Å². The van der Waals surface area contributed by atoms with Crippen molar-refractivity contribution in [3.63, 3.8) is 0 Å². The van der Waals surface area contributed by atoms with E-state index in [0.29, 0.717) is 21.2 Å². The van der Waals surface area contributed by atoms with Crippen molar-refractivity contribution in [2.24, 2.45) is 0 Å². The van der Waals surface area contributed by atoms with E-state index in [4.69, 9.17) is 0 Å². The van der Waals surface area contributed by atoms with Crippen LogP contribution in [0.4, 0.5) is 0 Å². The Hall–Kier alpha value is 1.46. The van der Waals surface area contributed by atoms with Crippen molar-refractivity contribution < 1.29 is 21.2 Å². The van der Waals surface area contributed by atoms with Crippen molar-refractivity contribution in [3.05, 3.63) is 0 Å². The topological polar surface area (TPSA) is 0 Å². The average molecular weight is 309 g/mol. The number of halogens is 2. The van der Waals surface area contributed by atoms with E-state index in [1.165, 1.54) is 6.42 Å². The quantitative estimate of drug-likeness (QED) is 0.369. The summed E-state index contributed by atoms with van der Waals surface area (Å²) < 4.78 is 4.24. The van der Waals surface area contributed by atoms with Crippen molar-refractivity contribution in [1.82, 2.24) is 0 Å². The molecule has 0 aromatic rings. The Morgan fingerprint density at radius 2 is 2.50 bits per heavy atom. The number of rotatable bonds is 0. The molecule has 0 amide bonds. The number of hydrogen-bond donors (Lipinski definition) is 0. The molecule has 1 aliphatic heterocycles. The van der Waals surface area contributed by atoms with Gasteiger partial charge in [-0.3, -0.25) is 0 Å². The zero-order valence-electron chi connectivity index (χ0n) is 3.45. The van der Waals surface area contributed by atoms with Gasteiger partial charge in [0.2, 0.25) is 0 Å². The molecule has 1 atom stereocenters. The van der Waals surface area contributed by atoms with Gasteiger partial charge < -0.3 is 0 Å². The van der Waals surface area contributed by atoms with Gasteiger partial charge in [-0.05, 0) is 0 Å².